The van der Waals surface area contributed by atoms with Crippen LogP contribution in [0.4, 0.5) is 10.5 Å². The second-order valence-corrected chi connectivity index (χ2v) is 7.61. The molecule has 8 heteroatoms. The minimum atomic E-state index is -0.719. The van der Waals surface area contributed by atoms with E-state index in [1.807, 2.05) is 12.1 Å². The first-order chi connectivity index (χ1) is 13.9. The fourth-order valence-corrected chi connectivity index (χ4v) is 3.57. The van der Waals surface area contributed by atoms with Crippen LogP contribution in [0.15, 0.2) is 70.9 Å². The number of hydrogen-bond donors (Lipinski definition) is 3. The van der Waals surface area contributed by atoms with Gasteiger partial charge < -0.3 is 20.7 Å². The van der Waals surface area contributed by atoms with Crippen molar-refractivity contribution < 1.29 is 14.3 Å². The average Bonchev–Trinajstić information content (AvgIpc) is 2.68. The number of carbonyl (C=O) groups is 2. The van der Waals surface area contributed by atoms with E-state index in [2.05, 4.69) is 38.5 Å². The highest BCUT2D eigenvalue weighted by atomic mass is 79.9. The number of anilines is 1. The predicted octanol–water partition coefficient (Wildman–Crippen LogP) is 4.93. The first kappa shape index (κ1) is 21.0. The van der Waals surface area contributed by atoms with Gasteiger partial charge >= 0.3 is 6.03 Å². The molecule has 3 amide bonds. The SMILES string of the molecule is C=CCOc1ccc(Br)cc1[C@@H]1NC(=O)NC(C)=C1C(=O)Nc1ccccc1Cl. The monoisotopic (exact) mass is 475 g/mol. The highest BCUT2D eigenvalue weighted by Gasteiger charge is 2.33. The van der Waals surface area contributed by atoms with Gasteiger partial charge in [0.1, 0.15) is 12.4 Å². The Kier molecular flexibility index (Phi) is 6.61. The second-order valence-electron chi connectivity index (χ2n) is 6.29. The minimum Gasteiger partial charge on any atom is -0.489 e. The van der Waals surface area contributed by atoms with E-state index in [9.17, 15) is 9.59 Å². The van der Waals surface area contributed by atoms with Gasteiger partial charge in [-0.1, -0.05) is 52.3 Å². The van der Waals surface area contributed by atoms with Crippen molar-refractivity contribution in [2.24, 2.45) is 0 Å². The van der Waals surface area contributed by atoms with E-state index in [1.54, 1.807) is 43.3 Å². The van der Waals surface area contributed by atoms with Crippen molar-refractivity contribution in [3.63, 3.8) is 0 Å². The highest BCUT2D eigenvalue weighted by Crippen LogP contribution is 2.36. The predicted molar refractivity (Wildman–Crippen MR) is 117 cm³/mol. The first-order valence-corrected chi connectivity index (χ1v) is 9.95. The Morgan fingerprint density at radius 3 is 2.83 bits per heavy atom. The van der Waals surface area contributed by atoms with Gasteiger partial charge in [0.05, 0.1) is 22.3 Å². The summed E-state index contributed by atoms with van der Waals surface area (Å²) in [6.07, 6.45) is 1.62. The largest absolute Gasteiger partial charge is 0.489 e. The number of urea groups is 1. The van der Waals surface area contributed by atoms with E-state index in [1.165, 1.54) is 0 Å². The number of halogens is 2. The standard InChI is InChI=1S/C21H19BrClN3O3/c1-3-10-29-17-9-8-13(22)11-14(17)19-18(12(2)24-21(28)26-19)20(27)25-16-7-5-4-6-15(16)23/h3-9,11,19H,1,10H2,2H3,(H,25,27)(H2,24,26,28)/t19-/m0/s1. The number of hydrogen-bond acceptors (Lipinski definition) is 3. The zero-order valence-corrected chi connectivity index (χ0v) is 17.9. The summed E-state index contributed by atoms with van der Waals surface area (Å²) in [6.45, 7) is 5.62. The summed E-state index contributed by atoms with van der Waals surface area (Å²) < 4.78 is 6.53. The molecule has 0 spiro atoms. The average molecular weight is 477 g/mol. The number of allylic oxidation sites excluding steroid dienone is 1. The number of carbonyl (C=O) groups excluding carboxylic acids is 2. The summed E-state index contributed by atoms with van der Waals surface area (Å²) in [7, 11) is 0. The molecule has 3 N–H and O–H groups in total. The third-order valence-corrected chi connectivity index (χ3v) is 5.10. The minimum absolute atomic E-state index is 0.289. The molecule has 3 rings (SSSR count). The van der Waals surface area contributed by atoms with Crippen molar-refractivity contribution in [3.05, 3.63) is 81.4 Å². The molecule has 1 aliphatic rings. The zero-order valence-electron chi connectivity index (χ0n) is 15.6. The van der Waals surface area contributed by atoms with Crippen LogP contribution in [0.2, 0.25) is 5.02 Å². The lowest BCUT2D eigenvalue weighted by atomic mass is 9.94. The fraction of sp³-hybridized carbons (Fsp3) is 0.143. The molecule has 0 radical (unpaired) electrons. The Morgan fingerprint density at radius 2 is 2.10 bits per heavy atom. The van der Waals surface area contributed by atoms with Gasteiger partial charge in [-0.05, 0) is 37.3 Å². The molecule has 2 aromatic carbocycles. The quantitative estimate of drug-likeness (QED) is 0.517. The Labute approximate surface area is 182 Å². The van der Waals surface area contributed by atoms with Crippen LogP contribution >= 0.6 is 27.5 Å². The molecule has 0 saturated carbocycles. The van der Waals surface area contributed by atoms with Gasteiger partial charge in [0.2, 0.25) is 0 Å². The van der Waals surface area contributed by atoms with Crippen molar-refractivity contribution in [1.29, 1.82) is 0 Å². The summed E-state index contributed by atoms with van der Waals surface area (Å²) in [4.78, 5) is 25.3. The first-order valence-electron chi connectivity index (χ1n) is 8.78. The number of nitrogens with one attached hydrogen (secondary N) is 3. The van der Waals surface area contributed by atoms with E-state index in [-0.39, 0.29) is 12.5 Å². The van der Waals surface area contributed by atoms with Gasteiger partial charge in [-0.25, -0.2) is 4.79 Å². The van der Waals surface area contributed by atoms with Crippen molar-refractivity contribution in [2.75, 3.05) is 11.9 Å². The van der Waals surface area contributed by atoms with Crippen molar-refractivity contribution in [3.8, 4) is 5.75 Å². The molecule has 0 fully saturated rings. The van der Waals surface area contributed by atoms with Crippen LogP contribution in [0.5, 0.6) is 5.75 Å². The van der Waals surface area contributed by atoms with Crippen molar-refractivity contribution >= 4 is 45.2 Å². The van der Waals surface area contributed by atoms with Gasteiger partial charge in [-0.2, -0.15) is 0 Å². The summed E-state index contributed by atoms with van der Waals surface area (Å²) >= 11 is 9.62. The van der Waals surface area contributed by atoms with E-state index in [0.717, 1.165) is 4.47 Å². The molecule has 0 saturated heterocycles. The fourth-order valence-electron chi connectivity index (χ4n) is 3.01. The molecule has 1 atom stereocenters. The summed E-state index contributed by atoms with van der Waals surface area (Å²) in [5.74, 6) is 0.152. The Bertz CT molecular complexity index is 1010. The lowest BCUT2D eigenvalue weighted by Crippen LogP contribution is -2.46. The summed E-state index contributed by atoms with van der Waals surface area (Å²) in [5, 5.41) is 8.70. The molecule has 150 valence electrons. The number of ether oxygens (including phenoxy) is 1. The number of rotatable bonds is 6. The topological polar surface area (TPSA) is 79.5 Å². The lowest BCUT2D eigenvalue weighted by molar-refractivity contribution is -0.113. The van der Waals surface area contributed by atoms with Crippen LogP contribution in [0.1, 0.15) is 18.5 Å². The second kappa shape index (κ2) is 9.15. The van der Waals surface area contributed by atoms with Gasteiger partial charge in [-0.15, -0.1) is 0 Å². The lowest BCUT2D eigenvalue weighted by Gasteiger charge is -2.30. The van der Waals surface area contributed by atoms with Crippen LogP contribution in [0.3, 0.4) is 0 Å². The molecular weight excluding hydrogens is 458 g/mol. The van der Waals surface area contributed by atoms with Crippen LogP contribution in [-0.4, -0.2) is 18.5 Å². The summed E-state index contributed by atoms with van der Waals surface area (Å²) in [6, 6.07) is 11.2. The molecular formula is C21H19BrClN3O3. The maximum atomic E-state index is 13.1. The molecule has 0 aromatic heterocycles. The van der Waals surface area contributed by atoms with Crippen LogP contribution in [0.25, 0.3) is 0 Å². The maximum absolute atomic E-state index is 13.1. The van der Waals surface area contributed by atoms with Gasteiger partial charge in [0.15, 0.2) is 0 Å². The van der Waals surface area contributed by atoms with E-state index >= 15 is 0 Å². The normalized spacial score (nSPS) is 16.0. The van der Waals surface area contributed by atoms with E-state index in [4.69, 9.17) is 16.3 Å². The molecule has 0 aliphatic carbocycles. The maximum Gasteiger partial charge on any atom is 0.319 e. The number of benzene rings is 2. The molecule has 1 aliphatic heterocycles. The number of amides is 3. The summed E-state index contributed by atoms with van der Waals surface area (Å²) in [5.41, 5.74) is 1.91. The van der Waals surface area contributed by atoms with Crippen LogP contribution < -0.4 is 20.7 Å². The molecule has 2 aromatic rings. The third kappa shape index (κ3) is 4.81. The smallest absolute Gasteiger partial charge is 0.319 e. The van der Waals surface area contributed by atoms with Crippen LogP contribution in [-0.2, 0) is 4.79 Å². The van der Waals surface area contributed by atoms with Crippen molar-refractivity contribution in [2.45, 2.75) is 13.0 Å². The Hall–Kier alpha value is -2.77. The molecule has 29 heavy (non-hydrogen) atoms. The third-order valence-electron chi connectivity index (χ3n) is 4.28. The molecule has 6 nitrogen and oxygen atoms in total. The van der Waals surface area contributed by atoms with Gasteiger partial charge in [0, 0.05) is 15.7 Å². The van der Waals surface area contributed by atoms with Gasteiger partial charge in [0.25, 0.3) is 5.91 Å². The number of para-hydroxylation sites is 1. The highest BCUT2D eigenvalue weighted by molar-refractivity contribution is 9.10. The zero-order chi connectivity index (χ0) is 21.0. The van der Waals surface area contributed by atoms with Crippen LogP contribution in [0, 0.1) is 0 Å². The van der Waals surface area contributed by atoms with E-state index in [0.29, 0.717) is 33.3 Å². The van der Waals surface area contributed by atoms with Crippen molar-refractivity contribution in [1.82, 2.24) is 10.6 Å². The Morgan fingerprint density at radius 1 is 1.34 bits per heavy atom. The molecule has 0 bridgehead atoms. The molecule has 1 heterocycles. The van der Waals surface area contributed by atoms with E-state index < -0.39 is 12.1 Å². The Balaban J connectivity index is 2.03. The molecule has 0 unspecified atom stereocenters. The van der Waals surface area contributed by atoms with Gasteiger partial charge in [-0.3, -0.25) is 4.79 Å².